The summed E-state index contributed by atoms with van der Waals surface area (Å²) in [5.41, 5.74) is 3.39. The number of aromatic nitrogens is 2. The molecule has 0 unspecified atom stereocenters. The maximum Gasteiger partial charge on any atom is 0.271 e. The summed E-state index contributed by atoms with van der Waals surface area (Å²) in [6.07, 6.45) is 1.77. The molecule has 4 rings (SSSR count). The molecule has 1 atom stereocenters. The molecule has 6 heteroatoms. The van der Waals surface area contributed by atoms with E-state index in [9.17, 15) is 9.59 Å². The fraction of sp³-hybridized carbons (Fsp3) is 0.179. The second-order valence-electron chi connectivity index (χ2n) is 8.28. The van der Waals surface area contributed by atoms with Gasteiger partial charge in [-0.1, -0.05) is 59.8 Å². The zero-order chi connectivity index (χ0) is 23.9. The van der Waals surface area contributed by atoms with E-state index in [2.05, 4.69) is 22.5 Å². The van der Waals surface area contributed by atoms with E-state index in [1.54, 1.807) is 30.3 Å². The van der Waals surface area contributed by atoms with E-state index >= 15 is 0 Å². The summed E-state index contributed by atoms with van der Waals surface area (Å²) < 4.78 is 1.36. The van der Waals surface area contributed by atoms with Crippen molar-refractivity contribution in [3.63, 3.8) is 0 Å². The van der Waals surface area contributed by atoms with Crippen molar-refractivity contribution in [3.8, 4) is 5.69 Å². The van der Waals surface area contributed by atoms with Crippen LogP contribution in [-0.2, 0) is 6.42 Å². The third kappa shape index (κ3) is 6.23. The third-order valence-corrected chi connectivity index (χ3v) is 6.41. The highest BCUT2D eigenvalue weighted by Crippen LogP contribution is 2.25. The second-order valence-corrected chi connectivity index (χ2v) is 9.38. The minimum atomic E-state index is -0.222. The van der Waals surface area contributed by atoms with Crippen LogP contribution in [-0.4, -0.2) is 21.7 Å². The number of benzene rings is 3. The molecule has 34 heavy (non-hydrogen) atoms. The van der Waals surface area contributed by atoms with E-state index in [1.165, 1.54) is 33.6 Å². The molecule has 4 aromatic rings. The number of aryl methyl sites for hydroxylation is 2. The Morgan fingerprint density at radius 2 is 1.65 bits per heavy atom. The molecule has 1 amide bonds. The summed E-state index contributed by atoms with van der Waals surface area (Å²) in [5.74, 6) is -0.129. The molecule has 1 heterocycles. The van der Waals surface area contributed by atoms with Gasteiger partial charge in [0.1, 0.15) is 5.03 Å². The number of hydrogen-bond donors (Lipinski definition) is 1. The summed E-state index contributed by atoms with van der Waals surface area (Å²) in [7, 11) is 0. The first kappa shape index (κ1) is 23.5. The van der Waals surface area contributed by atoms with E-state index in [0.717, 1.165) is 22.8 Å². The number of rotatable bonds is 8. The summed E-state index contributed by atoms with van der Waals surface area (Å²) in [4.78, 5) is 26.2. The van der Waals surface area contributed by atoms with Gasteiger partial charge in [-0.25, -0.2) is 0 Å². The SMILES string of the molecule is Cc1ccc(Sc2ccc(=O)n(-c3ccc(C(=O)N[C@@H](C)CCc4ccccc4)cc3)n2)cc1. The molecule has 1 N–H and O–H groups in total. The van der Waals surface area contributed by atoms with Crippen LogP contribution >= 0.6 is 11.8 Å². The van der Waals surface area contributed by atoms with Crippen LogP contribution in [0.5, 0.6) is 0 Å². The minimum Gasteiger partial charge on any atom is -0.350 e. The van der Waals surface area contributed by atoms with Gasteiger partial charge in [-0.05, 0) is 74.7 Å². The number of amides is 1. The quantitative estimate of drug-likeness (QED) is 0.373. The average Bonchev–Trinajstić information content (AvgIpc) is 2.86. The Bertz CT molecular complexity index is 1300. The van der Waals surface area contributed by atoms with Crippen molar-refractivity contribution in [3.05, 3.63) is 118 Å². The molecule has 1 aromatic heterocycles. The van der Waals surface area contributed by atoms with Gasteiger partial charge in [-0.15, -0.1) is 0 Å². The van der Waals surface area contributed by atoms with E-state index in [-0.39, 0.29) is 17.5 Å². The maximum absolute atomic E-state index is 12.7. The Balaban J connectivity index is 1.41. The second kappa shape index (κ2) is 11.0. The predicted molar refractivity (Wildman–Crippen MR) is 137 cm³/mol. The van der Waals surface area contributed by atoms with Crippen molar-refractivity contribution in [1.82, 2.24) is 15.1 Å². The van der Waals surface area contributed by atoms with E-state index < -0.39 is 0 Å². The first-order chi connectivity index (χ1) is 16.5. The van der Waals surface area contributed by atoms with Crippen molar-refractivity contribution in [1.29, 1.82) is 0 Å². The van der Waals surface area contributed by atoms with Crippen LogP contribution in [0.1, 0.15) is 34.8 Å². The Hall–Kier alpha value is -3.64. The largest absolute Gasteiger partial charge is 0.350 e. The van der Waals surface area contributed by atoms with Gasteiger partial charge in [0.05, 0.1) is 5.69 Å². The molecule has 0 aliphatic heterocycles. The Morgan fingerprint density at radius 3 is 2.35 bits per heavy atom. The lowest BCUT2D eigenvalue weighted by molar-refractivity contribution is 0.0938. The molecule has 0 aliphatic rings. The summed E-state index contributed by atoms with van der Waals surface area (Å²) in [6.45, 7) is 4.05. The lowest BCUT2D eigenvalue weighted by Crippen LogP contribution is -2.32. The van der Waals surface area contributed by atoms with Crippen LogP contribution in [0, 0.1) is 6.92 Å². The first-order valence-corrected chi connectivity index (χ1v) is 12.1. The normalized spacial score (nSPS) is 11.7. The molecular weight excluding hydrogens is 442 g/mol. The Kier molecular flexibility index (Phi) is 7.60. The van der Waals surface area contributed by atoms with Crippen LogP contribution in [0.25, 0.3) is 5.69 Å². The molecule has 0 radical (unpaired) electrons. The van der Waals surface area contributed by atoms with E-state index in [1.807, 2.05) is 56.3 Å². The number of nitrogens with one attached hydrogen (secondary N) is 1. The smallest absolute Gasteiger partial charge is 0.271 e. The van der Waals surface area contributed by atoms with Crippen LogP contribution in [0.15, 0.2) is 106 Å². The fourth-order valence-electron chi connectivity index (χ4n) is 3.52. The van der Waals surface area contributed by atoms with Crippen molar-refractivity contribution in [2.24, 2.45) is 0 Å². The van der Waals surface area contributed by atoms with Gasteiger partial charge in [0.2, 0.25) is 0 Å². The molecular formula is C28H27N3O2S. The maximum atomic E-state index is 12.7. The molecule has 0 bridgehead atoms. The summed E-state index contributed by atoms with van der Waals surface area (Å²) in [5, 5.41) is 8.27. The van der Waals surface area contributed by atoms with Crippen molar-refractivity contribution in [2.75, 3.05) is 0 Å². The van der Waals surface area contributed by atoms with Gasteiger partial charge in [-0.2, -0.15) is 9.78 Å². The van der Waals surface area contributed by atoms with E-state index in [0.29, 0.717) is 11.3 Å². The molecule has 0 aliphatic carbocycles. The molecule has 3 aromatic carbocycles. The Labute approximate surface area is 203 Å². The van der Waals surface area contributed by atoms with E-state index in [4.69, 9.17) is 0 Å². The Morgan fingerprint density at radius 1 is 0.941 bits per heavy atom. The van der Waals surface area contributed by atoms with Gasteiger partial charge in [-0.3, -0.25) is 9.59 Å². The lowest BCUT2D eigenvalue weighted by atomic mass is 10.1. The van der Waals surface area contributed by atoms with Crippen LogP contribution < -0.4 is 10.9 Å². The van der Waals surface area contributed by atoms with Crippen LogP contribution in [0.3, 0.4) is 0 Å². The summed E-state index contributed by atoms with van der Waals surface area (Å²) in [6, 6.07) is 28.6. The minimum absolute atomic E-state index is 0.0483. The van der Waals surface area contributed by atoms with Crippen LogP contribution in [0.2, 0.25) is 0 Å². The molecule has 5 nitrogen and oxygen atoms in total. The number of carbonyl (C=O) groups is 1. The summed E-state index contributed by atoms with van der Waals surface area (Å²) >= 11 is 1.50. The number of carbonyl (C=O) groups excluding carboxylic acids is 1. The zero-order valence-electron chi connectivity index (χ0n) is 19.3. The van der Waals surface area contributed by atoms with Gasteiger partial charge < -0.3 is 5.32 Å². The molecule has 172 valence electrons. The molecule has 0 saturated carbocycles. The average molecular weight is 470 g/mol. The lowest BCUT2D eigenvalue weighted by Gasteiger charge is -2.14. The van der Waals surface area contributed by atoms with Gasteiger partial charge in [0, 0.05) is 22.6 Å². The van der Waals surface area contributed by atoms with Gasteiger partial charge in [0.25, 0.3) is 11.5 Å². The topological polar surface area (TPSA) is 64.0 Å². The zero-order valence-corrected chi connectivity index (χ0v) is 20.1. The highest BCUT2D eigenvalue weighted by Gasteiger charge is 2.11. The standard InChI is InChI=1S/C28H27N3O2S/c1-20-8-16-25(17-9-20)34-26-18-19-27(32)31(30-26)24-14-12-23(13-15-24)28(33)29-21(2)10-11-22-6-4-3-5-7-22/h3-9,12-19,21H,10-11H2,1-2H3,(H,29,33)/t21-/m0/s1. The molecule has 0 fully saturated rings. The monoisotopic (exact) mass is 469 g/mol. The first-order valence-electron chi connectivity index (χ1n) is 11.3. The van der Waals surface area contributed by atoms with Crippen molar-refractivity contribution >= 4 is 17.7 Å². The third-order valence-electron chi connectivity index (χ3n) is 5.48. The molecule has 0 spiro atoms. The highest BCUT2D eigenvalue weighted by molar-refractivity contribution is 7.99. The van der Waals surface area contributed by atoms with Gasteiger partial charge >= 0.3 is 0 Å². The molecule has 0 saturated heterocycles. The number of hydrogen-bond acceptors (Lipinski definition) is 4. The van der Waals surface area contributed by atoms with Gasteiger partial charge in [0.15, 0.2) is 0 Å². The fourth-order valence-corrected chi connectivity index (χ4v) is 4.29. The predicted octanol–water partition coefficient (Wildman–Crippen LogP) is 5.44. The van der Waals surface area contributed by atoms with Crippen molar-refractivity contribution < 1.29 is 4.79 Å². The number of nitrogens with zero attached hydrogens (tertiary/aromatic N) is 2. The highest BCUT2D eigenvalue weighted by atomic mass is 32.2. The van der Waals surface area contributed by atoms with Crippen LogP contribution in [0.4, 0.5) is 0 Å². The van der Waals surface area contributed by atoms with Crippen molar-refractivity contribution in [2.45, 2.75) is 42.7 Å².